The van der Waals surface area contributed by atoms with E-state index < -0.39 is 0 Å². The van der Waals surface area contributed by atoms with E-state index in [1.807, 2.05) is 0 Å². The van der Waals surface area contributed by atoms with Gasteiger partial charge in [0.1, 0.15) is 0 Å². The van der Waals surface area contributed by atoms with Crippen LogP contribution in [0, 0.1) is 0 Å². The molecular formula is C17H18N2. The van der Waals surface area contributed by atoms with Gasteiger partial charge in [0.05, 0.1) is 0 Å². The smallest absolute Gasteiger partial charge is 0.0379 e. The summed E-state index contributed by atoms with van der Waals surface area (Å²) in [6.07, 6.45) is 1.22. The Morgan fingerprint density at radius 2 is 1.84 bits per heavy atom. The second kappa shape index (κ2) is 4.39. The molecule has 0 amide bonds. The molecule has 2 nitrogen and oxygen atoms in total. The molecule has 0 spiro atoms. The topological polar surface area (TPSA) is 24.1 Å². The normalized spacial score (nSPS) is 24.4. The highest BCUT2D eigenvalue weighted by atomic mass is 15.0. The average molecular weight is 250 g/mol. The van der Waals surface area contributed by atoms with E-state index in [2.05, 4.69) is 59.2 Å². The van der Waals surface area contributed by atoms with Crippen molar-refractivity contribution < 1.29 is 0 Å². The van der Waals surface area contributed by atoms with Gasteiger partial charge in [-0.05, 0) is 41.8 Å². The van der Waals surface area contributed by atoms with Crippen molar-refractivity contribution in [2.24, 2.45) is 0 Å². The Labute approximate surface area is 113 Å². The summed E-state index contributed by atoms with van der Waals surface area (Å²) in [5, 5.41) is 7.19. The van der Waals surface area contributed by atoms with Crippen LogP contribution in [0.1, 0.15) is 17.9 Å². The highest BCUT2D eigenvalue weighted by Gasteiger charge is 2.33. The Bertz CT molecular complexity index is 591. The molecule has 2 aliphatic rings. The van der Waals surface area contributed by atoms with E-state index in [0.717, 1.165) is 13.1 Å². The Balaban J connectivity index is 1.75. The third kappa shape index (κ3) is 1.83. The van der Waals surface area contributed by atoms with Gasteiger partial charge in [0.2, 0.25) is 0 Å². The fourth-order valence-electron chi connectivity index (χ4n) is 3.37. The molecule has 96 valence electrons. The maximum Gasteiger partial charge on any atom is 0.0379 e. The summed E-state index contributed by atoms with van der Waals surface area (Å²) in [5.74, 6) is 0.632. The number of hydrogen-bond donors (Lipinski definition) is 2. The molecule has 0 unspecified atom stereocenters. The number of nitrogens with one attached hydrogen (secondary N) is 2. The summed E-state index contributed by atoms with van der Waals surface area (Å²) in [4.78, 5) is 0. The van der Waals surface area contributed by atoms with Crippen LogP contribution in [0.4, 0.5) is 5.69 Å². The van der Waals surface area contributed by atoms with Gasteiger partial charge >= 0.3 is 0 Å². The summed E-state index contributed by atoms with van der Waals surface area (Å²) in [6, 6.07) is 18.1. The van der Waals surface area contributed by atoms with Crippen LogP contribution < -0.4 is 10.6 Å². The van der Waals surface area contributed by atoms with Gasteiger partial charge in [0.15, 0.2) is 0 Å². The zero-order chi connectivity index (χ0) is 12.7. The molecule has 2 heteroatoms. The molecule has 0 aliphatic carbocycles. The molecule has 2 atom stereocenters. The highest BCUT2D eigenvalue weighted by molar-refractivity contribution is 5.71. The lowest BCUT2D eigenvalue weighted by molar-refractivity contribution is 0.440. The van der Waals surface area contributed by atoms with Gasteiger partial charge in [0, 0.05) is 24.2 Å². The van der Waals surface area contributed by atoms with Crippen LogP contribution in [0.25, 0.3) is 11.1 Å². The first-order valence-electron chi connectivity index (χ1n) is 7.08. The Morgan fingerprint density at radius 1 is 0.947 bits per heavy atom. The summed E-state index contributed by atoms with van der Waals surface area (Å²) >= 11 is 0. The largest absolute Gasteiger partial charge is 0.381 e. The van der Waals surface area contributed by atoms with E-state index in [9.17, 15) is 0 Å². The lowest BCUT2D eigenvalue weighted by Crippen LogP contribution is -2.38. The van der Waals surface area contributed by atoms with Gasteiger partial charge in [-0.1, -0.05) is 36.4 Å². The number of benzene rings is 2. The predicted octanol–water partition coefficient (Wildman–Crippen LogP) is 3.22. The minimum Gasteiger partial charge on any atom is -0.381 e. The van der Waals surface area contributed by atoms with Crippen molar-refractivity contribution >= 4 is 5.69 Å². The first-order valence-corrected chi connectivity index (χ1v) is 7.08. The quantitative estimate of drug-likeness (QED) is 0.812. The second-order valence-corrected chi connectivity index (χ2v) is 5.52. The molecular weight excluding hydrogens is 232 g/mol. The summed E-state index contributed by atoms with van der Waals surface area (Å²) in [6.45, 7) is 2.23. The Kier molecular flexibility index (Phi) is 2.56. The first-order chi connectivity index (χ1) is 9.42. The van der Waals surface area contributed by atoms with E-state index >= 15 is 0 Å². The molecule has 0 radical (unpaired) electrons. The molecule has 1 fully saturated rings. The van der Waals surface area contributed by atoms with Crippen LogP contribution >= 0.6 is 0 Å². The fraction of sp³-hybridized carbons (Fsp3) is 0.294. The highest BCUT2D eigenvalue weighted by Crippen LogP contribution is 2.40. The molecule has 2 aromatic rings. The van der Waals surface area contributed by atoms with Crippen LogP contribution in [0.15, 0.2) is 48.5 Å². The van der Waals surface area contributed by atoms with Gasteiger partial charge in [-0.25, -0.2) is 0 Å². The van der Waals surface area contributed by atoms with Crippen LogP contribution in [0.3, 0.4) is 0 Å². The minimum absolute atomic E-state index is 0.627. The first kappa shape index (κ1) is 11.1. The van der Waals surface area contributed by atoms with E-state index in [-0.39, 0.29) is 0 Å². The maximum atomic E-state index is 3.68. The van der Waals surface area contributed by atoms with Crippen molar-refractivity contribution in [3.05, 3.63) is 54.1 Å². The molecule has 1 saturated heterocycles. The van der Waals surface area contributed by atoms with Crippen LogP contribution in [0.2, 0.25) is 0 Å². The van der Waals surface area contributed by atoms with Crippen molar-refractivity contribution in [3.63, 3.8) is 0 Å². The minimum atomic E-state index is 0.627. The van der Waals surface area contributed by atoms with E-state index in [1.165, 1.54) is 28.8 Å². The third-order valence-electron chi connectivity index (χ3n) is 4.38. The standard InChI is InChI=1S/C17H18N2/c1-2-4-12(5-3-1)13-6-7-16-14(10-13)15-11-18-9-8-17(15)19-16/h1-7,10,15,17-19H,8-9,11H2/t15-,17-/m0/s1. The molecule has 19 heavy (non-hydrogen) atoms. The van der Waals surface area contributed by atoms with Gasteiger partial charge in [-0.3, -0.25) is 0 Å². The van der Waals surface area contributed by atoms with Crippen LogP contribution in [0.5, 0.6) is 0 Å². The number of piperidine rings is 1. The zero-order valence-corrected chi connectivity index (χ0v) is 10.9. The van der Waals surface area contributed by atoms with E-state index in [1.54, 1.807) is 0 Å². The summed E-state index contributed by atoms with van der Waals surface area (Å²) in [7, 11) is 0. The number of rotatable bonds is 1. The van der Waals surface area contributed by atoms with E-state index in [4.69, 9.17) is 0 Å². The summed E-state index contributed by atoms with van der Waals surface area (Å²) in [5.41, 5.74) is 5.45. The lowest BCUT2D eigenvalue weighted by Gasteiger charge is -2.26. The molecule has 0 bridgehead atoms. The van der Waals surface area contributed by atoms with E-state index in [0.29, 0.717) is 12.0 Å². The maximum absolute atomic E-state index is 3.68. The molecule has 0 saturated carbocycles. The average Bonchev–Trinajstić information content (AvgIpc) is 2.86. The van der Waals surface area contributed by atoms with Gasteiger partial charge in [-0.2, -0.15) is 0 Å². The monoisotopic (exact) mass is 250 g/mol. The molecule has 0 aromatic heterocycles. The third-order valence-corrected chi connectivity index (χ3v) is 4.38. The number of fused-ring (bicyclic) bond motifs is 3. The zero-order valence-electron chi connectivity index (χ0n) is 10.9. The SMILES string of the molecule is c1ccc(-c2ccc3c(c2)[C@@H]2CNCC[C@@H]2N3)cc1. The second-order valence-electron chi connectivity index (χ2n) is 5.52. The Hall–Kier alpha value is -1.80. The summed E-state index contributed by atoms with van der Waals surface area (Å²) < 4.78 is 0. The van der Waals surface area contributed by atoms with Gasteiger partial charge < -0.3 is 10.6 Å². The number of hydrogen-bond acceptors (Lipinski definition) is 2. The molecule has 4 rings (SSSR count). The lowest BCUT2D eigenvalue weighted by atomic mass is 9.89. The molecule has 2 aliphatic heterocycles. The van der Waals surface area contributed by atoms with Crippen LogP contribution in [-0.4, -0.2) is 19.1 Å². The van der Waals surface area contributed by atoms with Crippen molar-refractivity contribution in [1.82, 2.24) is 5.32 Å². The molecule has 2 N–H and O–H groups in total. The fourth-order valence-corrected chi connectivity index (χ4v) is 3.37. The number of anilines is 1. The van der Waals surface area contributed by atoms with Crippen molar-refractivity contribution in [1.29, 1.82) is 0 Å². The predicted molar refractivity (Wildman–Crippen MR) is 79.5 cm³/mol. The van der Waals surface area contributed by atoms with Crippen molar-refractivity contribution in [2.75, 3.05) is 18.4 Å². The van der Waals surface area contributed by atoms with Gasteiger partial charge in [0.25, 0.3) is 0 Å². The molecule has 2 aromatic carbocycles. The molecule has 2 heterocycles. The van der Waals surface area contributed by atoms with Crippen molar-refractivity contribution in [3.8, 4) is 11.1 Å². The van der Waals surface area contributed by atoms with Crippen LogP contribution in [-0.2, 0) is 0 Å². The van der Waals surface area contributed by atoms with Crippen molar-refractivity contribution in [2.45, 2.75) is 18.4 Å². The van der Waals surface area contributed by atoms with Gasteiger partial charge in [-0.15, -0.1) is 0 Å². The Morgan fingerprint density at radius 3 is 2.74 bits per heavy atom.